The van der Waals surface area contributed by atoms with E-state index in [0.717, 1.165) is 42.3 Å². The Bertz CT molecular complexity index is 1350. The zero-order chi connectivity index (χ0) is 26.1. The summed E-state index contributed by atoms with van der Waals surface area (Å²) in [5, 5.41) is 8.34. The predicted octanol–water partition coefficient (Wildman–Crippen LogP) is 2.44. The van der Waals surface area contributed by atoms with Crippen molar-refractivity contribution in [1.82, 2.24) is 19.7 Å². The van der Waals surface area contributed by atoms with E-state index in [1.807, 2.05) is 29.1 Å². The first kappa shape index (κ1) is 24.7. The van der Waals surface area contributed by atoms with E-state index in [1.165, 1.54) is 19.4 Å². The van der Waals surface area contributed by atoms with Crippen LogP contribution in [0.25, 0.3) is 10.9 Å². The van der Waals surface area contributed by atoms with Gasteiger partial charge in [-0.15, -0.1) is 0 Å². The molecule has 11 nitrogen and oxygen atoms in total. The van der Waals surface area contributed by atoms with Crippen molar-refractivity contribution in [3.63, 3.8) is 0 Å². The number of aromatic nitrogens is 3. The zero-order valence-corrected chi connectivity index (χ0v) is 20.8. The number of piperidine rings is 1. The molecule has 0 bridgehead atoms. The van der Waals surface area contributed by atoms with Crippen LogP contribution in [-0.4, -0.2) is 64.3 Å². The number of carbonyl (C=O) groups is 3. The van der Waals surface area contributed by atoms with Crippen molar-refractivity contribution in [1.29, 1.82) is 0 Å². The molecule has 3 aromatic rings. The lowest BCUT2D eigenvalue weighted by Crippen LogP contribution is -2.46. The second-order valence-corrected chi connectivity index (χ2v) is 9.70. The summed E-state index contributed by atoms with van der Waals surface area (Å²) < 4.78 is 12.5. The van der Waals surface area contributed by atoms with Crippen molar-refractivity contribution < 1.29 is 23.9 Å². The van der Waals surface area contributed by atoms with Crippen molar-refractivity contribution in [2.45, 2.75) is 38.3 Å². The van der Waals surface area contributed by atoms with Gasteiger partial charge in [0.25, 0.3) is 5.91 Å². The molecule has 0 spiro atoms. The molecule has 3 atom stereocenters. The van der Waals surface area contributed by atoms with Gasteiger partial charge in [0.05, 0.1) is 43.2 Å². The molecular formula is C26H30N6O5. The molecule has 4 heterocycles. The minimum absolute atomic E-state index is 0.00845. The fourth-order valence-electron chi connectivity index (χ4n) is 5.08. The Balaban J connectivity index is 1.37. The molecule has 2 fully saturated rings. The lowest BCUT2D eigenvalue weighted by Gasteiger charge is -2.38. The number of nitrogens with one attached hydrogen (secondary N) is 1. The maximum atomic E-state index is 13.4. The van der Waals surface area contributed by atoms with E-state index >= 15 is 0 Å². The van der Waals surface area contributed by atoms with Gasteiger partial charge in [0, 0.05) is 24.7 Å². The number of methoxy groups -OCH3 is 1. The molecule has 3 amide bonds. The van der Waals surface area contributed by atoms with Crippen LogP contribution in [0.5, 0.6) is 5.88 Å². The molecule has 0 radical (unpaired) electrons. The first-order valence-electron chi connectivity index (χ1n) is 12.4. The van der Waals surface area contributed by atoms with Crippen LogP contribution in [0.15, 0.2) is 36.7 Å². The third kappa shape index (κ3) is 4.99. The van der Waals surface area contributed by atoms with Crippen LogP contribution in [-0.2, 0) is 14.3 Å². The van der Waals surface area contributed by atoms with Gasteiger partial charge in [-0.1, -0.05) is 19.1 Å². The summed E-state index contributed by atoms with van der Waals surface area (Å²) in [7, 11) is 1.36. The van der Waals surface area contributed by atoms with Gasteiger partial charge in [-0.2, -0.15) is 5.10 Å². The van der Waals surface area contributed by atoms with Gasteiger partial charge in [0.2, 0.25) is 5.88 Å². The maximum absolute atomic E-state index is 13.4. The average molecular weight is 507 g/mol. The number of nitrogens with zero attached hydrogens (tertiary/aromatic N) is 4. The summed E-state index contributed by atoms with van der Waals surface area (Å²) in [5.74, 6) is -1.92. The van der Waals surface area contributed by atoms with Crippen molar-refractivity contribution in [2.24, 2.45) is 11.7 Å². The number of pyridine rings is 1. The number of ether oxygens (including phenoxy) is 2. The van der Waals surface area contributed by atoms with Gasteiger partial charge in [-0.05, 0) is 42.9 Å². The summed E-state index contributed by atoms with van der Waals surface area (Å²) in [5.41, 5.74) is 7.36. The van der Waals surface area contributed by atoms with Gasteiger partial charge in [-0.25, -0.2) is 4.98 Å². The lowest BCUT2D eigenvalue weighted by atomic mass is 9.89. The van der Waals surface area contributed by atoms with Crippen LogP contribution < -0.4 is 15.8 Å². The molecule has 2 aromatic heterocycles. The second kappa shape index (κ2) is 10.2. The standard InChI is InChI=1S/C26H30N6O5/c1-15-3-6-22(16-4-5-17-13-32(30-21(17)9-16)19-7-8-37-14-19)31(12-15)26(35)24(34)29-18-10-20(23(27)33)25(36-2)28-11-18/h4-5,9-11,13,15,19,22H,3,6-8,12,14H2,1-2H3,(H2,27,33)(H,29,34)/t15-,19?,22+/m0/s1. The van der Waals surface area contributed by atoms with E-state index in [-0.39, 0.29) is 35.1 Å². The van der Waals surface area contributed by atoms with Crippen LogP contribution in [0.4, 0.5) is 5.69 Å². The molecule has 1 unspecified atom stereocenters. The third-order valence-corrected chi connectivity index (χ3v) is 7.05. The highest BCUT2D eigenvalue weighted by Crippen LogP contribution is 2.35. The van der Waals surface area contributed by atoms with Gasteiger partial charge >= 0.3 is 11.8 Å². The van der Waals surface area contributed by atoms with Crippen LogP contribution in [0, 0.1) is 5.92 Å². The highest BCUT2D eigenvalue weighted by Gasteiger charge is 2.34. The number of benzene rings is 1. The number of carbonyl (C=O) groups excluding carboxylic acids is 3. The summed E-state index contributed by atoms with van der Waals surface area (Å²) >= 11 is 0. The number of nitrogens with two attached hydrogens (primary N) is 1. The van der Waals surface area contributed by atoms with Gasteiger partial charge in [-0.3, -0.25) is 19.1 Å². The number of likely N-dealkylation sites (tertiary alicyclic amines) is 1. The van der Waals surface area contributed by atoms with Crippen molar-refractivity contribution in [3.8, 4) is 5.88 Å². The smallest absolute Gasteiger partial charge is 0.313 e. The Morgan fingerprint density at radius 2 is 2.03 bits per heavy atom. The van der Waals surface area contributed by atoms with E-state index in [4.69, 9.17) is 20.3 Å². The number of hydrogen-bond acceptors (Lipinski definition) is 7. The average Bonchev–Trinajstić information content (AvgIpc) is 3.57. The van der Waals surface area contributed by atoms with E-state index in [2.05, 4.69) is 17.2 Å². The van der Waals surface area contributed by atoms with Crippen molar-refractivity contribution >= 4 is 34.3 Å². The molecule has 11 heteroatoms. The quantitative estimate of drug-likeness (QED) is 0.506. The molecule has 2 aliphatic heterocycles. The molecule has 194 valence electrons. The molecule has 3 N–H and O–H groups in total. The Morgan fingerprint density at radius 3 is 2.76 bits per heavy atom. The number of amides is 3. The summed E-state index contributed by atoms with van der Waals surface area (Å²) in [6.07, 6.45) is 5.95. The molecule has 5 rings (SSSR count). The largest absolute Gasteiger partial charge is 0.480 e. The minimum Gasteiger partial charge on any atom is -0.480 e. The predicted molar refractivity (Wildman–Crippen MR) is 135 cm³/mol. The monoisotopic (exact) mass is 506 g/mol. The molecule has 2 aliphatic rings. The minimum atomic E-state index is -0.812. The topological polar surface area (TPSA) is 142 Å². The molecule has 0 aliphatic carbocycles. The Morgan fingerprint density at radius 1 is 1.19 bits per heavy atom. The number of anilines is 1. The summed E-state index contributed by atoms with van der Waals surface area (Å²) in [6.45, 7) is 3.91. The van der Waals surface area contributed by atoms with E-state index < -0.39 is 17.7 Å². The van der Waals surface area contributed by atoms with Crippen LogP contribution in [0.1, 0.15) is 54.2 Å². The fourth-order valence-corrected chi connectivity index (χ4v) is 5.08. The molecule has 37 heavy (non-hydrogen) atoms. The zero-order valence-electron chi connectivity index (χ0n) is 20.8. The highest BCUT2D eigenvalue weighted by atomic mass is 16.5. The molecule has 0 saturated carbocycles. The normalized spacial score (nSPS) is 21.7. The third-order valence-electron chi connectivity index (χ3n) is 7.05. The van der Waals surface area contributed by atoms with E-state index in [0.29, 0.717) is 13.2 Å². The number of rotatable bonds is 5. The first-order chi connectivity index (χ1) is 17.8. The highest BCUT2D eigenvalue weighted by molar-refractivity contribution is 6.39. The Hall–Kier alpha value is -3.99. The SMILES string of the molecule is COc1ncc(NC(=O)C(=O)N2C[C@@H](C)CC[C@@H]2c2ccc3cn(C4CCOC4)nc3c2)cc1C(N)=O. The van der Waals surface area contributed by atoms with E-state index in [1.54, 1.807) is 4.90 Å². The van der Waals surface area contributed by atoms with Gasteiger partial charge in [0.15, 0.2) is 0 Å². The first-order valence-corrected chi connectivity index (χ1v) is 12.4. The van der Waals surface area contributed by atoms with Crippen molar-refractivity contribution in [3.05, 3.63) is 47.8 Å². The molecular weight excluding hydrogens is 476 g/mol. The van der Waals surface area contributed by atoms with Gasteiger partial charge in [0.1, 0.15) is 5.56 Å². The van der Waals surface area contributed by atoms with Gasteiger partial charge < -0.3 is 25.4 Å². The number of primary amides is 1. The lowest BCUT2D eigenvalue weighted by molar-refractivity contribution is -0.146. The number of fused-ring (bicyclic) bond motifs is 1. The fraction of sp³-hybridized carbons (Fsp3) is 0.423. The van der Waals surface area contributed by atoms with Crippen LogP contribution in [0.3, 0.4) is 0 Å². The summed E-state index contributed by atoms with van der Waals surface area (Å²) in [6, 6.07) is 7.34. The Labute approximate surface area is 213 Å². The Kier molecular flexibility index (Phi) is 6.79. The second-order valence-electron chi connectivity index (χ2n) is 9.70. The number of hydrogen-bond donors (Lipinski definition) is 2. The molecule has 1 aromatic carbocycles. The van der Waals surface area contributed by atoms with Crippen LogP contribution >= 0.6 is 0 Å². The summed E-state index contributed by atoms with van der Waals surface area (Å²) in [4.78, 5) is 43.7. The maximum Gasteiger partial charge on any atom is 0.313 e. The van der Waals surface area contributed by atoms with Crippen molar-refractivity contribution in [2.75, 3.05) is 32.2 Å². The van der Waals surface area contributed by atoms with E-state index in [9.17, 15) is 14.4 Å². The van der Waals surface area contributed by atoms with Crippen LogP contribution in [0.2, 0.25) is 0 Å². The molecule has 2 saturated heterocycles.